The Labute approximate surface area is 200 Å². The average Bonchev–Trinajstić information content (AvgIpc) is 3.38. The number of ether oxygens (including phenoxy) is 2. The number of carbonyl (C=O) groups is 2. The number of anilines is 2. The Balaban J connectivity index is 1.87. The monoisotopic (exact) mass is 489 g/mol. The Kier molecular flexibility index (Phi) is 8.51. The molecule has 34 heavy (non-hydrogen) atoms. The highest BCUT2D eigenvalue weighted by Crippen LogP contribution is 2.29. The summed E-state index contributed by atoms with van der Waals surface area (Å²) < 4.78 is 37.4. The van der Waals surface area contributed by atoms with E-state index in [9.17, 15) is 18.0 Å². The lowest BCUT2D eigenvalue weighted by Gasteiger charge is -2.23. The molecule has 0 atom stereocenters. The number of hydrogen-bond acceptors (Lipinski definition) is 7. The Morgan fingerprint density at radius 1 is 1.03 bits per heavy atom. The van der Waals surface area contributed by atoms with Gasteiger partial charge in [-0.1, -0.05) is 13.8 Å². The number of hydrogen-bond donors (Lipinski definition) is 1. The van der Waals surface area contributed by atoms with Gasteiger partial charge in [0.1, 0.15) is 5.75 Å². The average molecular weight is 490 g/mol. The number of esters is 1. The number of amides is 1. The van der Waals surface area contributed by atoms with E-state index in [0.29, 0.717) is 35.8 Å². The molecule has 0 saturated carbocycles. The molecule has 1 fully saturated rings. The molecule has 3 rings (SSSR count). The van der Waals surface area contributed by atoms with Crippen LogP contribution < -0.4 is 15.0 Å². The van der Waals surface area contributed by atoms with Crippen molar-refractivity contribution in [2.75, 3.05) is 50.1 Å². The summed E-state index contributed by atoms with van der Waals surface area (Å²) >= 11 is 0. The first kappa shape index (κ1) is 25.5. The molecule has 0 spiro atoms. The van der Waals surface area contributed by atoms with E-state index in [2.05, 4.69) is 15.0 Å². The second-order valence-electron chi connectivity index (χ2n) is 7.81. The highest BCUT2D eigenvalue weighted by atomic mass is 32.2. The van der Waals surface area contributed by atoms with Gasteiger partial charge >= 0.3 is 5.97 Å². The molecule has 184 valence electrons. The molecule has 1 N–H and O–H groups in total. The van der Waals surface area contributed by atoms with Crippen LogP contribution in [0.5, 0.6) is 5.75 Å². The maximum Gasteiger partial charge on any atom is 0.343 e. The third-order valence-corrected chi connectivity index (χ3v) is 7.75. The van der Waals surface area contributed by atoms with Crippen molar-refractivity contribution in [3.63, 3.8) is 0 Å². The highest BCUT2D eigenvalue weighted by molar-refractivity contribution is 7.89. The van der Waals surface area contributed by atoms with Crippen molar-refractivity contribution in [3.8, 4) is 5.75 Å². The first-order valence-corrected chi connectivity index (χ1v) is 12.7. The van der Waals surface area contributed by atoms with Crippen molar-refractivity contribution >= 4 is 33.3 Å². The number of benzene rings is 2. The standard InChI is InChI=1S/C24H31N3O6S/c1-4-27(5-2)34(30,31)20-12-13-22(26-14-6-7-15-26)21(16-20)24(29)25-18-8-10-19(11-9-18)33-17-23(28)32-3/h8-13,16H,4-7,14-15,17H2,1-3H3,(H,25,29). The molecular formula is C24H31N3O6S. The molecule has 0 radical (unpaired) electrons. The van der Waals surface area contributed by atoms with Gasteiger partial charge in [-0.2, -0.15) is 4.31 Å². The Hall–Kier alpha value is -3.11. The van der Waals surface area contributed by atoms with Crippen LogP contribution in [0.4, 0.5) is 11.4 Å². The minimum Gasteiger partial charge on any atom is -0.482 e. The van der Waals surface area contributed by atoms with Crippen LogP contribution >= 0.6 is 0 Å². The quantitative estimate of drug-likeness (QED) is 0.511. The Morgan fingerprint density at radius 2 is 1.68 bits per heavy atom. The van der Waals surface area contributed by atoms with Crippen molar-refractivity contribution in [2.24, 2.45) is 0 Å². The number of rotatable bonds is 10. The second-order valence-corrected chi connectivity index (χ2v) is 9.74. The summed E-state index contributed by atoms with van der Waals surface area (Å²) in [5.74, 6) is -0.443. The van der Waals surface area contributed by atoms with Crippen LogP contribution in [0.1, 0.15) is 37.0 Å². The first-order chi connectivity index (χ1) is 16.3. The third kappa shape index (κ3) is 5.87. The molecule has 2 aromatic rings. The zero-order valence-corrected chi connectivity index (χ0v) is 20.6. The van der Waals surface area contributed by atoms with Gasteiger partial charge in [0.2, 0.25) is 10.0 Å². The molecule has 0 bridgehead atoms. The summed E-state index contributed by atoms with van der Waals surface area (Å²) in [7, 11) is -2.43. The SMILES string of the molecule is CCN(CC)S(=O)(=O)c1ccc(N2CCCC2)c(C(=O)Nc2ccc(OCC(=O)OC)cc2)c1. The van der Waals surface area contributed by atoms with Gasteiger partial charge in [-0.05, 0) is 55.3 Å². The molecule has 9 nitrogen and oxygen atoms in total. The minimum absolute atomic E-state index is 0.0934. The van der Waals surface area contributed by atoms with Gasteiger partial charge in [0.05, 0.1) is 17.6 Å². The highest BCUT2D eigenvalue weighted by Gasteiger charge is 2.26. The van der Waals surface area contributed by atoms with Crippen LogP contribution in [0, 0.1) is 0 Å². The van der Waals surface area contributed by atoms with E-state index >= 15 is 0 Å². The van der Waals surface area contributed by atoms with E-state index in [1.165, 1.54) is 17.5 Å². The van der Waals surface area contributed by atoms with E-state index in [1.807, 2.05) is 0 Å². The van der Waals surface area contributed by atoms with Gasteiger partial charge in [0.15, 0.2) is 6.61 Å². The van der Waals surface area contributed by atoms with Gasteiger partial charge in [-0.3, -0.25) is 4.79 Å². The molecule has 0 unspecified atom stereocenters. The fraction of sp³-hybridized carbons (Fsp3) is 0.417. The van der Waals surface area contributed by atoms with Crippen molar-refractivity contribution < 1.29 is 27.5 Å². The predicted molar refractivity (Wildman–Crippen MR) is 130 cm³/mol. The van der Waals surface area contributed by atoms with Crippen molar-refractivity contribution in [1.29, 1.82) is 0 Å². The van der Waals surface area contributed by atoms with Gasteiger partial charge in [-0.15, -0.1) is 0 Å². The first-order valence-electron chi connectivity index (χ1n) is 11.3. The van der Waals surface area contributed by atoms with E-state index in [0.717, 1.165) is 25.9 Å². The normalized spacial score (nSPS) is 13.7. The topological polar surface area (TPSA) is 105 Å². The smallest absolute Gasteiger partial charge is 0.343 e. The van der Waals surface area contributed by atoms with E-state index in [-0.39, 0.29) is 11.5 Å². The Morgan fingerprint density at radius 3 is 2.26 bits per heavy atom. The summed E-state index contributed by atoms with van der Waals surface area (Å²) in [6.07, 6.45) is 2.04. The van der Waals surface area contributed by atoms with Crippen LogP contribution in [0.25, 0.3) is 0 Å². The molecule has 1 saturated heterocycles. The minimum atomic E-state index is -3.71. The second kappa shape index (κ2) is 11.3. The van der Waals surface area contributed by atoms with Crippen LogP contribution in [0.2, 0.25) is 0 Å². The zero-order chi connectivity index (χ0) is 24.7. The van der Waals surface area contributed by atoms with Gasteiger partial charge in [0.25, 0.3) is 5.91 Å². The van der Waals surface area contributed by atoms with Crippen LogP contribution in [-0.4, -0.2) is 64.5 Å². The van der Waals surface area contributed by atoms with Crippen LogP contribution in [0.15, 0.2) is 47.4 Å². The summed E-state index contributed by atoms with van der Waals surface area (Å²) in [6, 6.07) is 11.3. The maximum absolute atomic E-state index is 13.3. The summed E-state index contributed by atoms with van der Waals surface area (Å²) in [5.41, 5.74) is 1.53. The van der Waals surface area contributed by atoms with Crippen LogP contribution in [0.3, 0.4) is 0 Å². The lowest BCUT2D eigenvalue weighted by molar-refractivity contribution is -0.142. The molecule has 1 aliphatic rings. The van der Waals surface area contributed by atoms with Crippen molar-refractivity contribution in [3.05, 3.63) is 48.0 Å². The number of carbonyl (C=O) groups excluding carboxylic acids is 2. The predicted octanol–water partition coefficient (Wildman–Crippen LogP) is 3.12. The number of sulfonamides is 1. The van der Waals surface area contributed by atoms with Gasteiger partial charge in [0, 0.05) is 37.6 Å². The Bertz CT molecular complexity index is 1110. The van der Waals surface area contributed by atoms with E-state index in [1.54, 1.807) is 50.2 Å². The third-order valence-electron chi connectivity index (χ3n) is 5.70. The van der Waals surface area contributed by atoms with Crippen molar-refractivity contribution in [2.45, 2.75) is 31.6 Å². The molecule has 1 heterocycles. The number of nitrogens with zero attached hydrogens (tertiary/aromatic N) is 2. The summed E-state index contributed by atoms with van der Waals surface area (Å²) in [6.45, 7) is 5.67. The molecule has 0 aliphatic carbocycles. The van der Waals surface area contributed by atoms with Gasteiger partial charge < -0.3 is 19.7 Å². The van der Waals surface area contributed by atoms with Gasteiger partial charge in [-0.25, -0.2) is 13.2 Å². The summed E-state index contributed by atoms with van der Waals surface area (Å²) in [5, 5.41) is 2.84. The van der Waals surface area contributed by atoms with Crippen LogP contribution in [-0.2, 0) is 19.6 Å². The molecule has 1 aliphatic heterocycles. The van der Waals surface area contributed by atoms with E-state index < -0.39 is 21.9 Å². The number of nitrogens with one attached hydrogen (secondary N) is 1. The molecule has 0 aromatic heterocycles. The lowest BCUT2D eigenvalue weighted by atomic mass is 10.1. The maximum atomic E-state index is 13.3. The fourth-order valence-corrected chi connectivity index (χ4v) is 5.32. The zero-order valence-electron chi connectivity index (χ0n) is 19.7. The summed E-state index contributed by atoms with van der Waals surface area (Å²) in [4.78, 5) is 26.7. The fourth-order valence-electron chi connectivity index (χ4n) is 3.84. The van der Waals surface area contributed by atoms with E-state index in [4.69, 9.17) is 4.74 Å². The molecule has 2 aromatic carbocycles. The lowest BCUT2D eigenvalue weighted by Crippen LogP contribution is -2.31. The molecule has 10 heteroatoms. The van der Waals surface area contributed by atoms with Crippen molar-refractivity contribution in [1.82, 2.24) is 4.31 Å². The number of methoxy groups -OCH3 is 1. The largest absolute Gasteiger partial charge is 0.482 e. The molecule has 1 amide bonds. The molecular weight excluding hydrogens is 458 g/mol.